The topological polar surface area (TPSA) is 67.1 Å². The molecule has 0 heterocycles. The molecule has 0 aliphatic rings. The molecule has 0 fully saturated rings. The fraction of sp³-hybridized carbons (Fsp3) is 0.136. The number of amides is 2. The first-order chi connectivity index (χ1) is 13.8. The summed E-state index contributed by atoms with van der Waals surface area (Å²) in [5.41, 5.74) is 7.53. The minimum atomic E-state index is -4.43. The summed E-state index contributed by atoms with van der Waals surface area (Å²) in [6, 6.07) is 21.2. The van der Waals surface area contributed by atoms with Crippen molar-refractivity contribution >= 4 is 11.7 Å². The number of halogens is 3. The summed E-state index contributed by atoms with van der Waals surface area (Å²) < 4.78 is 38.0. The summed E-state index contributed by atoms with van der Waals surface area (Å²) in [6.45, 7) is 0. The van der Waals surface area contributed by atoms with Crippen molar-refractivity contribution in [2.24, 2.45) is 5.73 Å². The number of anilines is 1. The van der Waals surface area contributed by atoms with E-state index in [1.54, 1.807) is 0 Å². The summed E-state index contributed by atoms with van der Waals surface area (Å²) in [6.07, 6.45) is -4.43. The van der Waals surface area contributed by atoms with E-state index in [1.165, 1.54) is 12.1 Å². The van der Waals surface area contributed by atoms with Gasteiger partial charge in [-0.1, -0.05) is 60.7 Å². The second-order valence-corrected chi connectivity index (χ2v) is 6.50. The van der Waals surface area contributed by atoms with Gasteiger partial charge in [0.15, 0.2) is 0 Å². The monoisotopic (exact) mass is 399 g/mol. The molecule has 3 aromatic rings. The van der Waals surface area contributed by atoms with Gasteiger partial charge in [-0.3, -0.25) is 0 Å². The summed E-state index contributed by atoms with van der Waals surface area (Å²) in [5.74, 6) is 0. The van der Waals surface area contributed by atoms with Crippen LogP contribution in [0.4, 0.5) is 23.7 Å². The van der Waals surface area contributed by atoms with E-state index in [0.29, 0.717) is 0 Å². The number of nitrogens with one attached hydrogen (secondary N) is 2. The smallest absolute Gasteiger partial charge is 0.329 e. The lowest BCUT2D eigenvalue weighted by atomic mass is 9.94. The van der Waals surface area contributed by atoms with Gasteiger partial charge in [0.05, 0.1) is 17.6 Å². The number of hydrogen-bond acceptors (Lipinski definition) is 2. The lowest BCUT2D eigenvalue weighted by Crippen LogP contribution is -2.38. The highest BCUT2D eigenvalue weighted by atomic mass is 19.4. The van der Waals surface area contributed by atoms with Crippen LogP contribution >= 0.6 is 0 Å². The molecule has 0 saturated carbocycles. The average molecular weight is 399 g/mol. The van der Waals surface area contributed by atoms with Crippen LogP contribution in [0.25, 0.3) is 0 Å². The molecule has 0 aliphatic carbocycles. The Hall–Kier alpha value is -3.32. The van der Waals surface area contributed by atoms with Crippen molar-refractivity contribution in [1.29, 1.82) is 0 Å². The van der Waals surface area contributed by atoms with Gasteiger partial charge in [0.1, 0.15) is 0 Å². The van der Waals surface area contributed by atoms with Gasteiger partial charge in [0, 0.05) is 5.69 Å². The fourth-order valence-corrected chi connectivity index (χ4v) is 2.96. The number of carbonyl (C=O) groups excluding carboxylic acids is 1. The van der Waals surface area contributed by atoms with Crippen molar-refractivity contribution in [1.82, 2.24) is 5.32 Å². The summed E-state index contributed by atoms with van der Waals surface area (Å²) >= 11 is 0. The molecule has 29 heavy (non-hydrogen) atoms. The molecule has 3 aromatic carbocycles. The van der Waals surface area contributed by atoms with Gasteiger partial charge in [0.25, 0.3) is 0 Å². The molecule has 0 saturated heterocycles. The van der Waals surface area contributed by atoms with E-state index >= 15 is 0 Å². The van der Waals surface area contributed by atoms with Crippen LogP contribution in [0, 0.1) is 0 Å². The third-order valence-electron chi connectivity index (χ3n) is 4.46. The number of urea groups is 1. The Bertz CT molecular complexity index is 929. The molecule has 0 aromatic heterocycles. The van der Waals surface area contributed by atoms with E-state index in [0.717, 1.165) is 23.3 Å². The van der Waals surface area contributed by atoms with Gasteiger partial charge < -0.3 is 16.4 Å². The van der Waals surface area contributed by atoms with E-state index in [1.807, 2.05) is 60.7 Å². The molecule has 2 amide bonds. The molecule has 0 spiro atoms. The second kappa shape index (κ2) is 8.79. The SMILES string of the molecule is N[C@@H](c1ccccc1)[C@@H](NC(=O)Nc1ccc(C(F)(F)F)cc1)c1ccccc1. The van der Waals surface area contributed by atoms with E-state index in [-0.39, 0.29) is 5.69 Å². The zero-order valence-corrected chi connectivity index (χ0v) is 15.4. The molecular weight excluding hydrogens is 379 g/mol. The van der Waals surface area contributed by atoms with Crippen LogP contribution in [-0.2, 0) is 6.18 Å². The number of rotatable bonds is 5. The minimum Gasteiger partial charge on any atom is -0.329 e. The van der Waals surface area contributed by atoms with Crippen molar-refractivity contribution in [3.05, 3.63) is 102 Å². The highest BCUT2D eigenvalue weighted by Crippen LogP contribution is 2.30. The van der Waals surface area contributed by atoms with Crippen molar-refractivity contribution < 1.29 is 18.0 Å². The van der Waals surface area contributed by atoms with Crippen LogP contribution in [0.2, 0.25) is 0 Å². The van der Waals surface area contributed by atoms with Crippen LogP contribution < -0.4 is 16.4 Å². The minimum absolute atomic E-state index is 0.246. The van der Waals surface area contributed by atoms with Gasteiger partial charge in [-0.15, -0.1) is 0 Å². The molecule has 0 unspecified atom stereocenters. The Morgan fingerprint density at radius 2 is 1.31 bits per heavy atom. The number of hydrogen-bond donors (Lipinski definition) is 3. The Morgan fingerprint density at radius 3 is 1.83 bits per heavy atom. The Kier molecular flexibility index (Phi) is 6.19. The molecule has 2 atom stereocenters. The van der Waals surface area contributed by atoms with Gasteiger partial charge in [-0.2, -0.15) is 13.2 Å². The van der Waals surface area contributed by atoms with Crippen LogP contribution in [0.5, 0.6) is 0 Å². The summed E-state index contributed by atoms with van der Waals surface area (Å²) in [4.78, 5) is 12.5. The van der Waals surface area contributed by atoms with Gasteiger partial charge in [0.2, 0.25) is 0 Å². The summed E-state index contributed by atoms with van der Waals surface area (Å²) in [7, 11) is 0. The maximum atomic E-state index is 12.7. The Balaban J connectivity index is 1.76. The molecule has 0 radical (unpaired) electrons. The normalized spacial score (nSPS) is 13.4. The molecule has 0 aliphatic heterocycles. The van der Waals surface area contributed by atoms with Gasteiger partial charge in [-0.25, -0.2) is 4.79 Å². The lowest BCUT2D eigenvalue weighted by molar-refractivity contribution is -0.137. The molecule has 150 valence electrons. The third kappa shape index (κ3) is 5.36. The lowest BCUT2D eigenvalue weighted by Gasteiger charge is -2.26. The van der Waals surface area contributed by atoms with E-state index in [2.05, 4.69) is 10.6 Å². The largest absolute Gasteiger partial charge is 0.416 e. The molecule has 4 nitrogen and oxygen atoms in total. The first kappa shape index (κ1) is 20.4. The van der Waals surface area contributed by atoms with Gasteiger partial charge >= 0.3 is 12.2 Å². The Labute approximate surface area is 166 Å². The highest BCUT2D eigenvalue weighted by molar-refractivity contribution is 5.89. The van der Waals surface area contributed by atoms with E-state index in [9.17, 15) is 18.0 Å². The van der Waals surface area contributed by atoms with Crippen molar-refractivity contribution in [2.75, 3.05) is 5.32 Å². The average Bonchev–Trinajstić information content (AvgIpc) is 2.72. The second-order valence-electron chi connectivity index (χ2n) is 6.50. The first-order valence-corrected chi connectivity index (χ1v) is 8.95. The van der Waals surface area contributed by atoms with Crippen LogP contribution in [0.15, 0.2) is 84.9 Å². The number of alkyl halides is 3. The highest BCUT2D eigenvalue weighted by Gasteiger charge is 2.30. The quantitative estimate of drug-likeness (QED) is 0.547. The van der Waals surface area contributed by atoms with Gasteiger partial charge in [-0.05, 0) is 35.4 Å². The summed E-state index contributed by atoms with van der Waals surface area (Å²) in [5, 5.41) is 5.38. The number of carbonyl (C=O) groups is 1. The molecule has 4 N–H and O–H groups in total. The first-order valence-electron chi connectivity index (χ1n) is 8.95. The van der Waals surface area contributed by atoms with Crippen molar-refractivity contribution in [3.8, 4) is 0 Å². The van der Waals surface area contributed by atoms with Crippen LogP contribution in [0.1, 0.15) is 28.8 Å². The third-order valence-corrected chi connectivity index (χ3v) is 4.46. The molecule has 3 rings (SSSR count). The maximum absolute atomic E-state index is 12.7. The molecular formula is C22H20F3N3O. The predicted octanol–water partition coefficient (Wildman–Crippen LogP) is 5.27. The van der Waals surface area contributed by atoms with Crippen LogP contribution in [0.3, 0.4) is 0 Å². The predicted molar refractivity (Wildman–Crippen MR) is 106 cm³/mol. The number of benzene rings is 3. The molecule has 7 heteroatoms. The van der Waals surface area contributed by atoms with Crippen molar-refractivity contribution in [2.45, 2.75) is 18.3 Å². The standard InChI is InChI=1S/C22H20F3N3O/c23-22(24,25)17-11-13-18(14-12-17)27-21(29)28-20(16-9-5-2-6-10-16)19(26)15-7-3-1-4-8-15/h1-14,19-20H,26H2,(H2,27,28,29)/t19-,20-/m0/s1. The zero-order chi connectivity index (χ0) is 20.9. The Morgan fingerprint density at radius 1 is 0.793 bits per heavy atom. The maximum Gasteiger partial charge on any atom is 0.416 e. The zero-order valence-electron chi connectivity index (χ0n) is 15.4. The van der Waals surface area contributed by atoms with Crippen LogP contribution in [-0.4, -0.2) is 6.03 Å². The van der Waals surface area contributed by atoms with E-state index < -0.39 is 29.9 Å². The fourth-order valence-electron chi connectivity index (χ4n) is 2.96. The van der Waals surface area contributed by atoms with Crippen molar-refractivity contribution in [3.63, 3.8) is 0 Å². The van der Waals surface area contributed by atoms with E-state index in [4.69, 9.17) is 5.73 Å². The number of nitrogens with two attached hydrogens (primary N) is 1. The molecule has 0 bridgehead atoms.